The monoisotopic (exact) mass is 310 g/mol. The first-order valence-corrected chi connectivity index (χ1v) is 6.84. The van der Waals surface area contributed by atoms with Gasteiger partial charge in [-0.2, -0.15) is 0 Å². The Kier molecular flexibility index (Phi) is 4.28. The summed E-state index contributed by atoms with van der Waals surface area (Å²) in [6.45, 7) is 0.636. The molecule has 0 radical (unpaired) electrons. The van der Waals surface area contributed by atoms with Crippen LogP contribution in [0, 0.1) is 0 Å². The molecule has 2 rings (SSSR count). The van der Waals surface area contributed by atoms with Gasteiger partial charge in [-0.1, -0.05) is 28.1 Å². The molecule has 1 heterocycles. The van der Waals surface area contributed by atoms with Crippen LogP contribution in [-0.2, 0) is 11.2 Å². The highest BCUT2D eigenvalue weighted by Gasteiger charge is 2.04. The molecule has 1 aromatic heterocycles. The largest absolute Gasteiger partial charge is 0.358 e. The standard InChI is InChI=1S/C12H11BrN2OS/c13-10-3-1-9(2-4-10)11-7-17-12(15-11)5-6-14-8-16/h1-4,7-8H,5-6H2,(H,14,16). The Morgan fingerprint density at radius 1 is 1.35 bits per heavy atom. The average Bonchev–Trinajstić information content (AvgIpc) is 2.79. The molecule has 0 unspecified atom stereocenters. The second-order valence-corrected chi connectivity index (χ2v) is 5.31. The fourth-order valence-corrected chi connectivity index (χ4v) is 2.49. The van der Waals surface area contributed by atoms with Crippen molar-refractivity contribution in [1.82, 2.24) is 10.3 Å². The molecule has 0 aliphatic heterocycles. The molecular formula is C12H11BrN2OS. The van der Waals surface area contributed by atoms with Gasteiger partial charge in [-0.15, -0.1) is 11.3 Å². The van der Waals surface area contributed by atoms with Gasteiger partial charge in [-0.3, -0.25) is 4.79 Å². The number of rotatable bonds is 5. The molecule has 0 saturated carbocycles. The third-order valence-corrected chi connectivity index (χ3v) is 3.70. The first-order chi connectivity index (χ1) is 8.29. The van der Waals surface area contributed by atoms with Gasteiger partial charge < -0.3 is 5.32 Å². The van der Waals surface area contributed by atoms with Crippen LogP contribution in [0.25, 0.3) is 11.3 Å². The van der Waals surface area contributed by atoms with E-state index < -0.39 is 0 Å². The number of halogens is 1. The Balaban J connectivity index is 2.07. The topological polar surface area (TPSA) is 42.0 Å². The third kappa shape index (κ3) is 3.38. The number of nitrogens with zero attached hydrogens (tertiary/aromatic N) is 1. The minimum atomic E-state index is 0.636. The first-order valence-electron chi connectivity index (χ1n) is 5.17. The molecular weight excluding hydrogens is 300 g/mol. The zero-order valence-electron chi connectivity index (χ0n) is 9.02. The Morgan fingerprint density at radius 2 is 2.12 bits per heavy atom. The van der Waals surface area contributed by atoms with Crippen LogP contribution in [0.1, 0.15) is 5.01 Å². The van der Waals surface area contributed by atoms with Crippen LogP contribution in [0.15, 0.2) is 34.1 Å². The van der Waals surface area contributed by atoms with Crippen molar-refractivity contribution in [1.29, 1.82) is 0 Å². The van der Waals surface area contributed by atoms with E-state index in [9.17, 15) is 4.79 Å². The number of carbonyl (C=O) groups is 1. The first kappa shape index (κ1) is 12.3. The Labute approximate surface area is 112 Å². The number of amides is 1. The SMILES string of the molecule is O=CNCCc1nc(-c2ccc(Br)cc2)cs1. The number of benzene rings is 1. The molecule has 0 bridgehead atoms. The van der Waals surface area contributed by atoms with Gasteiger partial charge >= 0.3 is 0 Å². The second kappa shape index (κ2) is 5.93. The molecule has 17 heavy (non-hydrogen) atoms. The smallest absolute Gasteiger partial charge is 0.207 e. The number of carbonyl (C=O) groups excluding carboxylic acids is 1. The third-order valence-electron chi connectivity index (χ3n) is 2.26. The summed E-state index contributed by atoms with van der Waals surface area (Å²) >= 11 is 5.03. The molecule has 1 aromatic carbocycles. The van der Waals surface area contributed by atoms with Crippen molar-refractivity contribution in [3.8, 4) is 11.3 Å². The van der Waals surface area contributed by atoms with Crippen molar-refractivity contribution < 1.29 is 4.79 Å². The van der Waals surface area contributed by atoms with Crippen molar-refractivity contribution >= 4 is 33.7 Å². The van der Waals surface area contributed by atoms with Crippen LogP contribution in [0.4, 0.5) is 0 Å². The molecule has 0 aliphatic rings. The molecule has 5 heteroatoms. The molecule has 1 amide bonds. The molecule has 0 atom stereocenters. The zero-order valence-corrected chi connectivity index (χ0v) is 11.4. The summed E-state index contributed by atoms with van der Waals surface area (Å²) in [4.78, 5) is 14.7. The van der Waals surface area contributed by atoms with Gasteiger partial charge in [0.25, 0.3) is 0 Å². The van der Waals surface area contributed by atoms with Gasteiger partial charge in [-0.05, 0) is 12.1 Å². The minimum absolute atomic E-state index is 0.636. The van der Waals surface area contributed by atoms with E-state index >= 15 is 0 Å². The Bertz CT molecular complexity index is 495. The zero-order chi connectivity index (χ0) is 12.1. The van der Waals surface area contributed by atoms with E-state index in [-0.39, 0.29) is 0 Å². The lowest BCUT2D eigenvalue weighted by molar-refractivity contribution is -0.109. The lowest BCUT2D eigenvalue weighted by Gasteiger charge is -1.97. The van der Waals surface area contributed by atoms with E-state index in [0.29, 0.717) is 13.0 Å². The van der Waals surface area contributed by atoms with Gasteiger partial charge in [-0.25, -0.2) is 4.98 Å². The summed E-state index contributed by atoms with van der Waals surface area (Å²) in [6, 6.07) is 8.07. The van der Waals surface area contributed by atoms with Crippen LogP contribution in [0.2, 0.25) is 0 Å². The second-order valence-electron chi connectivity index (χ2n) is 3.46. The van der Waals surface area contributed by atoms with E-state index in [1.807, 2.05) is 29.6 Å². The molecule has 1 N–H and O–H groups in total. The highest BCUT2D eigenvalue weighted by Crippen LogP contribution is 2.23. The highest BCUT2D eigenvalue weighted by molar-refractivity contribution is 9.10. The summed E-state index contributed by atoms with van der Waals surface area (Å²) in [6.07, 6.45) is 1.49. The average molecular weight is 311 g/mol. The van der Waals surface area contributed by atoms with E-state index in [0.717, 1.165) is 27.2 Å². The number of hydrogen-bond acceptors (Lipinski definition) is 3. The molecule has 0 saturated heterocycles. The van der Waals surface area contributed by atoms with Crippen molar-refractivity contribution in [2.24, 2.45) is 0 Å². The maximum absolute atomic E-state index is 10.1. The fraction of sp³-hybridized carbons (Fsp3) is 0.167. The van der Waals surface area contributed by atoms with Gasteiger partial charge in [0.1, 0.15) is 0 Å². The van der Waals surface area contributed by atoms with Crippen LogP contribution in [0.5, 0.6) is 0 Å². The quantitative estimate of drug-likeness (QED) is 0.681. The maximum Gasteiger partial charge on any atom is 0.207 e. The Morgan fingerprint density at radius 3 is 2.82 bits per heavy atom. The predicted octanol–water partition coefficient (Wildman–Crippen LogP) is 2.86. The van der Waals surface area contributed by atoms with E-state index in [1.54, 1.807) is 11.3 Å². The lowest BCUT2D eigenvalue weighted by atomic mass is 10.2. The van der Waals surface area contributed by atoms with Crippen LogP contribution in [0.3, 0.4) is 0 Å². The van der Waals surface area contributed by atoms with E-state index in [4.69, 9.17) is 0 Å². The number of nitrogens with one attached hydrogen (secondary N) is 1. The lowest BCUT2D eigenvalue weighted by Crippen LogP contribution is -2.14. The minimum Gasteiger partial charge on any atom is -0.358 e. The number of thiazole rings is 1. The van der Waals surface area contributed by atoms with E-state index in [1.165, 1.54) is 0 Å². The highest BCUT2D eigenvalue weighted by atomic mass is 79.9. The van der Waals surface area contributed by atoms with Gasteiger partial charge in [0.05, 0.1) is 10.7 Å². The van der Waals surface area contributed by atoms with Crippen molar-refractivity contribution in [3.05, 3.63) is 39.1 Å². The molecule has 88 valence electrons. The molecule has 0 aliphatic carbocycles. The van der Waals surface area contributed by atoms with Gasteiger partial charge in [0, 0.05) is 28.4 Å². The molecule has 2 aromatic rings. The number of hydrogen-bond donors (Lipinski definition) is 1. The van der Waals surface area contributed by atoms with Crippen molar-refractivity contribution in [2.75, 3.05) is 6.54 Å². The molecule has 0 spiro atoms. The van der Waals surface area contributed by atoms with Crippen LogP contribution in [-0.4, -0.2) is 17.9 Å². The van der Waals surface area contributed by atoms with Crippen LogP contribution >= 0.6 is 27.3 Å². The van der Waals surface area contributed by atoms with Crippen LogP contribution < -0.4 is 5.32 Å². The summed E-state index contributed by atoms with van der Waals surface area (Å²) in [5.74, 6) is 0. The summed E-state index contributed by atoms with van der Waals surface area (Å²) in [5.41, 5.74) is 2.10. The Hall–Kier alpha value is -1.20. The van der Waals surface area contributed by atoms with Gasteiger partial charge in [0.2, 0.25) is 6.41 Å². The molecule has 0 fully saturated rings. The molecule has 3 nitrogen and oxygen atoms in total. The predicted molar refractivity (Wildman–Crippen MR) is 73.0 cm³/mol. The van der Waals surface area contributed by atoms with Gasteiger partial charge in [0.15, 0.2) is 0 Å². The summed E-state index contributed by atoms with van der Waals surface area (Å²) in [7, 11) is 0. The fourth-order valence-electron chi connectivity index (χ4n) is 1.42. The normalized spacial score (nSPS) is 10.2. The van der Waals surface area contributed by atoms with Crippen molar-refractivity contribution in [3.63, 3.8) is 0 Å². The van der Waals surface area contributed by atoms with Crippen molar-refractivity contribution in [2.45, 2.75) is 6.42 Å². The summed E-state index contributed by atoms with van der Waals surface area (Å²) < 4.78 is 1.06. The summed E-state index contributed by atoms with van der Waals surface area (Å²) in [5, 5.41) is 5.71. The number of aromatic nitrogens is 1. The maximum atomic E-state index is 10.1. The van der Waals surface area contributed by atoms with E-state index in [2.05, 4.69) is 26.2 Å².